The molecular weight excluding hydrogens is 245 g/mol. The van der Waals surface area contributed by atoms with Crippen LogP contribution in [0.4, 0.5) is 5.69 Å². The van der Waals surface area contributed by atoms with Crippen molar-refractivity contribution in [3.63, 3.8) is 0 Å². The Morgan fingerprint density at radius 1 is 1.12 bits per heavy atom. The van der Waals surface area contributed by atoms with Crippen molar-refractivity contribution < 1.29 is 4.74 Å². The fraction of sp³-hybridized carbons (Fsp3) is 0.500. The molecule has 1 aliphatic rings. The molecule has 0 spiro atoms. The van der Waals surface area contributed by atoms with Gasteiger partial charge in [0.05, 0.1) is 10.0 Å². The van der Waals surface area contributed by atoms with Gasteiger partial charge in [-0.05, 0) is 37.5 Å². The molecule has 0 radical (unpaired) electrons. The van der Waals surface area contributed by atoms with E-state index in [1.165, 1.54) is 0 Å². The second-order valence-corrected chi connectivity index (χ2v) is 4.83. The molecule has 1 fully saturated rings. The Bertz CT molecular complexity index is 349. The smallest absolute Gasteiger partial charge is 0.0612 e. The maximum Gasteiger partial charge on any atom is 0.0612 e. The van der Waals surface area contributed by atoms with E-state index in [1.807, 2.05) is 18.2 Å². The zero-order valence-corrected chi connectivity index (χ0v) is 10.5. The van der Waals surface area contributed by atoms with Crippen LogP contribution in [0.2, 0.25) is 10.0 Å². The van der Waals surface area contributed by atoms with Crippen molar-refractivity contribution in [3.05, 3.63) is 28.2 Å². The Morgan fingerprint density at radius 2 is 2.00 bits per heavy atom. The number of benzene rings is 1. The summed E-state index contributed by atoms with van der Waals surface area (Å²) in [5, 5.41) is 4.65. The lowest BCUT2D eigenvalue weighted by atomic mass is 10.1. The van der Waals surface area contributed by atoms with E-state index in [9.17, 15) is 0 Å². The summed E-state index contributed by atoms with van der Waals surface area (Å²) in [7, 11) is 0. The summed E-state index contributed by atoms with van der Waals surface area (Å²) in [6, 6.07) is 6.12. The molecule has 1 atom stereocenters. The number of nitrogens with one attached hydrogen (secondary N) is 1. The molecule has 88 valence electrons. The van der Waals surface area contributed by atoms with Crippen molar-refractivity contribution in [1.29, 1.82) is 0 Å². The zero-order chi connectivity index (χ0) is 11.4. The van der Waals surface area contributed by atoms with Gasteiger partial charge in [-0.2, -0.15) is 0 Å². The van der Waals surface area contributed by atoms with Crippen LogP contribution in [-0.4, -0.2) is 19.3 Å². The lowest BCUT2D eigenvalue weighted by Gasteiger charge is -2.17. The third kappa shape index (κ3) is 3.27. The van der Waals surface area contributed by atoms with Crippen LogP contribution in [0.5, 0.6) is 0 Å². The van der Waals surface area contributed by atoms with Crippen LogP contribution in [-0.2, 0) is 4.74 Å². The molecule has 1 unspecified atom stereocenters. The van der Waals surface area contributed by atoms with Crippen molar-refractivity contribution in [1.82, 2.24) is 0 Å². The molecule has 16 heavy (non-hydrogen) atoms. The number of hydrogen-bond donors (Lipinski definition) is 1. The maximum atomic E-state index is 5.97. The fourth-order valence-corrected chi connectivity index (χ4v) is 2.17. The fourth-order valence-electron chi connectivity index (χ4n) is 1.87. The molecule has 1 aromatic rings. The van der Waals surface area contributed by atoms with E-state index < -0.39 is 0 Å². The van der Waals surface area contributed by atoms with Gasteiger partial charge in [0.15, 0.2) is 0 Å². The van der Waals surface area contributed by atoms with Crippen molar-refractivity contribution in [2.24, 2.45) is 0 Å². The van der Waals surface area contributed by atoms with Crippen molar-refractivity contribution in [2.45, 2.75) is 25.3 Å². The highest BCUT2D eigenvalue weighted by atomic mass is 35.5. The summed E-state index contributed by atoms with van der Waals surface area (Å²) in [5.74, 6) is 0. The van der Waals surface area contributed by atoms with Crippen molar-refractivity contribution >= 4 is 28.9 Å². The summed E-state index contributed by atoms with van der Waals surface area (Å²) in [5.41, 5.74) is 1.03. The molecule has 1 heterocycles. The molecule has 1 aromatic carbocycles. The minimum Gasteiger partial charge on any atom is -0.382 e. The van der Waals surface area contributed by atoms with Crippen LogP contribution >= 0.6 is 23.2 Å². The van der Waals surface area contributed by atoms with Crippen molar-refractivity contribution in [2.75, 3.05) is 18.5 Å². The molecule has 1 N–H and O–H groups in total. The van der Waals surface area contributed by atoms with Crippen LogP contribution in [0.3, 0.4) is 0 Å². The summed E-state index contributed by atoms with van der Waals surface area (Å²) in [6.45, 7) is 1.71. The Kier molecular flexibility index (Phi) is 4.33. The predicted octanol–water partition coefficient (Wildman–Crippen LogP) is 3.97. The Hall–Kier alpha value is -0.440. The average Bonchev–Trinajstić information content (AvgIpc) is 2.52. The average molecular weight is 260 g/mol. The number of halogens is 2. The summed E-state index contributed by atoms with van der Waals surface area (Å²) < 4.78 is 5.42. The number of rotatable bonds is 2. The highest BCUT2D eigenvalue weighted by Gasteiger charge is 2.12. The second kappa shape index (κ2) is 5.76. The summed E-state index contributed by atoms with van der Waals surface area (Å²) in [4.78, 5) is 0. The van der Waals surface area contributed by atoms with Crippen LogP contribution in [0.25, 0.3) is 0 Å². The summed E-state index contributed by atoms with van der Waals surface area (Å²) >= 11 is 11.8. The molecule has 0 amide bonds. The minimum absolute atomic E-state index is 0.472. The third-order valence-electron chi connectivity index (χ3n) is 2.74. The van der Waals surface area contributed by atoms with E-state index in [4.69, 9.17) is 27.9 Å². The highest BCUT2D eigenvalue weighted by Crippen LogP contribution is 2.26. The molecular formula is C12H15Cl2NO. The lowest BCUT2D eigenvalue weighted by Crippen LogP contribution is -2.19. The van der Waals surface area contributed by atoms with E-state index in [-0.39, 0.29) is 0 Å². The molecule has 2 rings (SSSR count). The van der Waals surface area contributed by atoms with E-state index in [1.54, 1.807) is 0 Å². The van der Waals surface area contributed by atoms with E-state index in [0.29, 0.717) is 16.1 Å². The largest absolute Gasteiger partial charge is 0.382 e. The minimum atomic E-state index is 0.472. The molecule has 0 bridgehead atoms. The zero-order valence-electron chi connectivity index (χ0n) is 9.01. The Balaban J connectivity index is 1.99. The van der Waals surface area contributed by atoms with E-state index in [0.717, 1.165) is 38.2 Å². The van der Waals surface area contributed by atoms with Gasteiger partial charge in [0.2, 0.25) is 0 Å². The Morgan fingerprint density at radius 3 is 2.81 bits per heavy atom. The van der Waals surface area contributed by atoms with Gasteiger partial charge in [-0.3, -0.25) is 0 Å². The Labute approximate surface area is 106 Å². The molecule has 1 saturated heterocycles. The van der Waals surface area contributed by atoms with Gasteiger partial charge < -0.3 is 10.1 Å². The molecule has 4 heteroatoms. The van der Waals surface area contributed by atoms with E-state index >= 15 is 0 Å². The first-order valence-corrected chi connectivity index (χ1v) is 6.30. The van der Waals surface area contributed by atoms with Crippen LogP contribution in [0.15, 0.2) is 18.2 Å². The quantitative estimate of drug-likeness (QED) is 0.868. The topological polar surface area (TPSA) is 21.3 Å². The van der Waals surface area contributed by atoms with Gasteiger partial charge in [-0.25, -0.2) is 0 Å². The van der Waals surface area contributed by atoms with Gasteiger partial charge in [-0.15, -0.1) is 0 Å². The van der Waals surface area contributed by atoms with Crippen LogP contribution < -0.4 is 5.32 Å². The first-order chi connectivity index (χ1) is 7.75. The SMILES string of the molecule is Clc1ccc(NC2CCCOCC2)cc1Cl. The monoisotopic (exact) mass is 259 g/mol. The van der Waals surface area contributed by atoms with Gasteiger partial charge in [0, 0.05) is 24.9 Å². The molecule has 2 nitrogen and oxygen atoms in total. The van der Waals surface area contributed by atoms with Crippen molar-refractivity contribution in [3.8, 4) is 0 Å². The normalized spacial score (nSPS) is 21.5. The van der Waals surface area contributed by atoms with E-state index in [2.05, 4.69) is 5.32 Å². The van der Waals surface area contributed by atoms with Crippen LogP contribution in [0, 0.1) is 0 Å². The molecule has 0 saturated carbocycles. The van der Waals surface area contributed by atoms with Gasteiger partial charge in [0.1, 0.15) is 0 Å². The molecule has 1 aliphatic heterocycles. The lowest BCUT2D eigenvalue weighted by molar-refractivity contribution is 0.144. The standard InChI is InChI=1S/C12H15Cl2NO/c13-11-4-3-10(8-12(11)14)15-9-2-1-6-16-7-5-9/h3-4,8-9,15H,1-2,5-7H2. The molecule has 0 aliphatic carbocycles. The summed E-state index contributed by atoms with van der Waals surface area (Å²) in [6.07, 6.45) is 3.29. The third-order valence-corrected chi connectivity index (χ3v) is 3.48. The van der Waals surface area contributed by atoms with Gasteiger partial charge >= 0.3 is 0 Å². The van der Waals surface area contributed by atoms with Crippen LogP contribution in [0.1, 0.15) is 19.3 Å². The first-order valence-electron chi connectivity index (χ1n) is 5.55. The number of hydrogen-bond acceptors (Lipinski definition) is 2. The first kappa shape index (κ1) is 12.0. The van der Waals surface area contributed by atoms with Gasteiger partial charge in [0.25, 0.3) is 0 Å². The number of anilines is 1. The maximum absolute atomic E-state index is 5.97. The highest BCUT2D eigenvalue weighted by molar-refractivity contribution is 6.42. The second-order valence-electron chi connectivity index (χ2n) is 4.01. The predicted molar refractivity (Wildman–Crippen MR) is 68.5 cm³/mol. The van der Waals surface area contributed by atoms with Gasteiger partial charge in [-0.1, -0.05) is 23.2 Å². The molecule has 0 aromatic heterocycles. The number of ether oxygens (including phenoxy) is 1.